The Morgan fingerprint density at radius 2 is 2.08 bits per heavy atom. The number of rotatable bonds is 7. The van der Waals surface area contributed by atoms with Crippen molar-refractivity contribution in [1.29, 1.82) is 0 Å². The fourth-order valence-electron chi connectivity index (χ4n) is 2.88. The van der Waals surface area contributed by atoms with Crippen molar-refractivity contribution in [1.82, 2.24) is 10.2 Å². The van der Waals surface area contributed by atoms with Crippen LogP contribution in [-0.4, -0.2) is 56.3 Å². The molecule has 24 heavy (non-hydrogen) atoms. The van der Waals surface area contributed by atoms with E-state index in [0.717, 1.165) is 31.9 Å². The molecule has 0 spiro atoms. The highest BCUT2D eigenvalue weighted by molar-refractivity contribution is 6.30. The zero-order valence-electron chi connectivity index (χ0n) is 14.7. The number of carbonyl (C=O) groups is 1. The van der Waals surface area contributed by atoms with E-state index in [1.807, 2.05) is 13.0 Å². The quantitative estimate of drug-likeness (QED) is 0.817. The number of carbonyl (C=O) groups excluding carboxylic acids is 1. The summed E-state index contributed by atoms with van der Waals surface area (Å²) in [5.41, 5.74) is 0.920. The molecule has 1 aliphatic heterocycles. The van der Waals surface area contributed by atoms with Crippen LogP contribution in [0.15, 0.2) is 18.2 Å². The fourth-order valence-corrected chi connectivity index (χ4v) is 3.11. The summed E-state index contributed by atoms with van der Waals surface area (Å²) in [4.78, 5) is 14.5. The first-order chi connectivity index (χ1) is 11.5. The molecule has 6 heteroatoms. The SMILES string of the molecule is Cc1cc(Cl)ccc1OCC(=O)NC[C@@H](C(C)C)N1CCOCC1. The molecular weight excluding hydrogens is 328 g/mol. The minimum Gasteiger partial charge on any atom is -0.484 e. The average Bonchev–Trinajstić information content (AvgIpc) is 2.55. The Bertz CT molecular complexity index is 545. The number of nitrogens with zero attached hydrogens (tertiary/aromatic N) is 1. The summed E-state index contributed by atoms with van der Waals surface area (Å²) in [5, 5.41) is 3.65. The van der Waals surface area contributed by atoms with Crippen molar-refractivity contribution in [2.75, 3.05) is 39.5 Å². The zero-order chi connectivity index (χ0) is 17.5. The van der Waals surface area contributed by atoms with Gasteiger partial charge in [0.2, 0.25) is 0 Å². The summed E-state index contributed by atoms with van der Waals surface area (Å²) in [6.07, 6.45) is 0. The smallest absolute Gasteiger partial charge is 0.257 e. The van der Waals surface area contributed by atoms with Crippen molar-refractivity contribution in [3.8, 4) is 5.75 Å². The van der Waals surface area contributed by atoms with Gasteiger partial charge in [0.05, 0.1) is 13.2 Å². The third kappa shape index (κ3) is 5.65. The summed E-state index contributed by atoms with van der Waals surface area (Å²) >= 11 is 5.92. The second kappa shape index (κ2) is 9.25. The van der Waals surface area contributed by atoms with Crippen molar-refractivity contribution < 1.29 is 14.3 Å². The number of hydrogen-bond donors (Lipinski definition) is 1. The van der Waals surface area contributed by atoms with E-state index >= 15 is 0 Å². The van der Waals surface area contributed by atoms with Crippen LogP contribution < -0.4 is 10.1 Å². The van der Waals surface area contributed by atoms with Crippen molar-refractivity contribution in [2.45, 2.75) is 26.8 Å². The Balaban J connectivity index is 1.80. The zero-order valence-corrected chi connectivity index (χ0v) is 15.4. The summed E-state index contributed by atoms with van der Waals surface area (Å²) in [6.45, 7) is 10.3. The van der Waals surface area contributed by atoms with Crippen LogP contribution in [0.25, 0.3) is 0 Å². The minimum atomic E-state index is -0.108. The van der Waals surface area contributed by atoms with Gasteiger partial charge in [0, 0.05) is 30.7 Å². The van der Waals surface area contributed by atoms with E-state index in [4.69, 9.17) is 21.1 Å². The Labute approximate surface area is 149 Å². The highest BCUT2D eigenvalue weighted by atomic mass is 35.5. The maximum Gasteiger partial charge on any atom is 0.257 e. The van der Waals surface area contributed by atoms with Gasteiger partial charge >= 0.3 is 0 Å². The summed E-state index contributed by atoms with van der Waals surface area (Å²) in [7, 11) is 0. The third-order valence-electron chi connectivity index (χ3n) is 4.29. The lowest BCUT2D eigenvalue weighted by Crippen LogP contribution is -2.51. The summed E-state index contributed by atoms with van der Waals surface area (Å²) < 4.78 is 11.0. The Morgan fingerprint density at radius 3 is 2.71 bits per heavy atom. The number of hydrogen-bond acceptors (Lipinski definition) is 4. The molecule has 1 aromatic carbocycles. The summed E-state index contributed by atoms with van der Waals surface area (Å²) in [6, 6.07) is 5.68. The van der Waals surface area contributed by atoms with Crippen molar-refractivity contribution in [2.24, 2.45) is 5.92 Å². The van der Waals surface area contributed by atoms with E-state index in [1.54, 1.807) is 12.1 Å². The number of nitrogens with one attached hydrogen (secondary N) is 1. The van der Waals surface area contributed by atoms with Gasteiger partial charge < -0.3 is 14.8 Å². The van der Waals surface area contributed by atoms with Gasteiger partial charge in [-0.1, -0.05) is 25.4 Å². The molecule has 0 radical (unpaired) electrons. The van der Waals surface area contributed by atoms with E-state index in [-0.39, 0.29) is 12.5 Å². The predicted molar refractivity (Wildman–Crippen MR) is 95.7 cm³/mol. The second-order valence-electron chi connectivity index (χ2n) is 6.46. The molecule has 1 aromatic rings. The topological polar surface area (TPSA) is 50.8 Å². The first kappa shape index (κ1) is 19.0. The number of aryl methyl sites for hydroxylation is 1. The Kier molecular flexibility index (Phi) is 7.34. The van der Waals surface area contributed by atoms with Crippen LogP contribution in [0, 0.1) is 12.8 Å². The molecule has 1 saturated heterocycles. The van der Waals surface area contributed by atoms with Crippen molar-refractivity contribution in [3.05, 3.63) is 28.8 Å². The van der Waals surface area contributed by atoms with Crippen molar-refractivity contribution in [3.63, 3.8) is 0 Å². The monoisotopic (exact) mass is 354 g/mol. The third-order valence-corrected chi connectivity index (χ3v) is 4.52. The van der Waals surface area contributed by atoms with Crippen LogP contribution in [0.1, 0.15) is 19.4 Å². The lowest BCUT2D eigenvalue weighted by Gasteiger charge is -2.36. The van der Waals surface area contributed by atoms with Gasteiger partial charge in [0.1, 0.15) is 5.75 Å². The lowest BCUT2D eigenvalue weighted by atomic mass is 10.0. The molecule has 1 fully saturated rings. The second-order valence-corrected chi connectivity index (χ2v) is 6.90. The fraction of sp³-hybridized carbons (Fsp3) is 0.611. The molecule has 1 N–H and O–H groups in total. The Morgan fingerprint density at radius 1 is 1.38 bits per heavy atom. The van der Waals surface area contributed by atoms with Gasteiger partial charge in [-0.2, -0.15) is 0 Å². The predicted octanol–water partition coefficient (Wildman–Crippen LogP) is 2.50. The van der Waals surface area contributed by atoms with E-state index in [9.17, 15) is 4.79 Å². The number of halogens is 1. The van der Waals surface area contributed by atoms with Crippen LogP contribution in [0.3, 0.4) is 0 Å². The van der Waals surface area contributed by atoms with Gasteiger partial charge in [0.15, 0.2) is 6.61 Å². The number of benzene rings is 1. The normalized spacial score (nSPS) is 16.9. The van der Waals surface area contributed by atoms with Crippen LogP contribution >= 0.6 is 11.6 Å². The van der Waals surface area contributed by atoms with E-state index < -0.39 is 0 Å². The number of ether oxygens (including phenoxy) is 2. The molecule has 1 heterocycles. The van der Waals surface area contributed by atoms with Crippen LogP contribution in [0.4, 0.5) is 0 Å². The first-order valence-electron chi connectivity index (χ1n) is 8.45. The number of morpholine rings is 1. The maximum absolute atomic E-state index is 12.1. The summed E-state index contributed by atoms with van der Waals surface area (Å²) in [5.74, 6) is 1.04. The van der Waals surface area contributed by atoms with E-state index in [0.29, 0.717) is 29.3 Å². The van der Waals surface area contributed by atoms with Gasteiger partial charge in [0.25, 0.3) is 5.91 Å². The molecule has 2 rings (SSSR count). The molecule has 1 aliphatic rings. The number of amides is 1. The maximum atomic E-state index is 12.1. The molecule has 0 unspecified atom stereocenters. The standard InChI is InChI=1S/C18H27ClN2O3/c1-13(2)16(21-6-8-23-9-7-21)11-20-18(22)12-24-17-5-4-15(19)10-14(17)3/h4-5,10,13,16H,6-9,11-12H2,1-3H3,(H,20,22)/t16-/m0/s1. The highest BCUT2D eigenvalue weighted by Crippen LogP contribution is 2.21. The van der Waals surface area contributed by atoms with Crippen molar-refractivity contribution >= 4 is 17.5 Å². The molecule has 0 saturated carbocycles. The highest BCUT2D eigenvalue weighted by Gasteiger charge is 2.24. The lowest BCUT2D eigenvalue weighted by molar-refractivity contribution is -0.123. The van der Waals surface area contributed by atoms with Crippen LogP contribution in [0.5, 0.6) is 5.75 Å². The molecule has 0 bridgehead atoms. The molecule has 134 valence electrons. The van der Waals surface area contributed by atoms with Crippen LogP contribution in [-0.2, 0) is 9.53 Å². The molecule has 5 nitrogen and oxygen atoms in total. The van der Waals surface area contributed by atoms with E-state index in [1.165, 1.54) is 0 Å². The molecule has 0 aromatic heterocycles. The van der Waals surface area contributed by atoms with Gasteiger partial charge in [-0.05, 0) is 36.6 Å². The van der Waals surface area contributed by atoms with Gasteiger partial charge in [-0.25, -0.2) is 0 Å². The molecule has 1 amide bonds. The van der Waals surface area contributed by atoms with Gasteiger partial charge in [-0.3, -0.25) is 9.69 Å². The Hall–Kier alpha value is -1.30. The molecule has 1 atom stereocenters. The average molecular weight is 355 g/mol. The first-order valence-corrected chi connectivity index (χ1v) is 8.82. The minimum absolute atomic E-state index is 0.0103. The van der Waals surface area contributed by atoms with Crippen LogP contribution in [0.2, 0.25) is 5.02 Å². The van der Waals surface area contributed by atoms with Gasteiger partial charge in [-0.15, -0.1) is 0 Å². The molecular formula is C18H27ClN2O3. The molecule has 0 aliphatic carbocycles. The van der Waals surface area contributed by atoms with E-state index in [2.05, 4.69) is 24.1 Å². The largest absolute Gasteiger partial charge is 0.484 e.